The molecule has 0 amide bonds. The first-order chi connectivity index (χ1) is 12.4. The molecular formula is C25H26N+. The highest BCUT2D eigenvalue weighted by Crippen LogP contribution is 2.37. The van der Waals surface area contributed by atoms with E-state index in [4.69, 9.17) is 0 Å². The summed E-state index contributed by atoms with van der Waals surface area (Å²) in [5.41, 5.74) is 6.69. The number of rotatable bonds is 1. The van der Waals surface area contributed by atoms with Crippen LogP contribution in [0.1, 0.15) is 31.9 Å². The van der Waals surface area contributed by atoms with Crippen LogP contribution in [0.4, 0.5) is 0 Å². The maximum Gasteiger partial charge on any atom is 0.213 e. The third-order valence-electron chi connectivity index (χ3n) is 5.48. The molecule has 0 saturated carbocycles. The van der Waals surface area contributed by atoms with Gasteiger partial charge in [-0.1, -0.05) is 57.2 Å². The highest BCUT2D eigenvalue weighted by Gasteiger charge is 2.23. The van der Waals surface area contributed by atoms with Gasteiger partial charge >= 0.3 is 0 Å². The van der Waals surface area contributed by atoms with Gasteiger partial charge in [0, 0.05) is 23.1 Å². The Morgan fingerprint density at radius 3 is 2.15 bits per heavy atom. The van der Waals surface area contributed by atoms with Crippen LogP contribution in [0.15, 0.2) is 66.7 Å². The third-order valence-corrected chi connectivity index (χ3v) is 5.48. The van der Waals surface area contributed by atoms with Gasteiger partial charge in [0.05, 0.1) is 0 Å². The summed E-state index contributed by atoms with van der Waals surface area (Å²) in [6.07, 6.45) is 0. The lowest BCUT2D eigenvalue weighted by Crippen LogP contribution is -2.32. The van der Waals surface area contributed by atoms with Crippen LogP contribution in [-0.4, -0.2) is 0 Å². The van der Waals surface area contributed by atoms with Gasteiger partial charge in [0.15, 0.2) is 0 Å². The number of benzene rings is 3. The highest BCUT2D eigenvalue weighted by atomic mass is 14.9. The number of nitrogens with zero attached hydrogens (tertiary/aromatic N) is 1. The standard InChI is InChI=1S/C25H26N/c1-17-19-11-7-8-12-20(19)22(25(2,3)4)16-21(17)24-15-14-18-10-6-9-13-23(18)26(24)5/h6-16H,1-5H3/q+1. The van der Waals surface area contributed by atoms with Crippen molar-refractivity contribution >= 4 is 21.7 Å². The number of hydrogen-bond acceptors (Lipinski definition) is 0. The topological polar surface area (TPSA) is 3.88 Å². The molecule has 1 heterocycles. The van der Waals surface area contributed by atoms with E-state index in [1.807, 2.05) is 0 Å². The van der Waals surface area contributed by atoms with E-state index in [0.717, 1.165) is 0 Å². The Morgan fingerprint density at radius 1 is 0.769 bits per heavy atom. The van der Waals surface area contributed by atoms with Crippen LogP contribution in [0.2, 0.25) is 0 Å². The molecule has 1 aromatic heterocycles. The minimum Gasteiger partial charge on any atom is -0.194 e. The first kappa shape index (κ1) is 16.8. The molecule has 0 aliphatic heterocycles. The molecule has 4 aromatic rings. The monoisotopic (exact) mass is 340 g/mol. The molecule has 0 bridgehead atoms. The zero-order chi connectivity index (χ0) is 18.5. The Hall–Kier alpha value is -2.67. The van der Waals surface area contributed by atoms with Crippen molar-refractivity contribution in [3.8, 4) is 11.3 Å². The van der Waals surface area contributed by atoms with Gasteiger partial charge in [-0.25, -0.2) is 0 Å². The normalized spacial score (nSPS) is 12.0. The summed E-state index contributed by atoms with van der Waals surface area (Å²) in [7, 11) is 2.17. The van der Waals surface area contributed by atoms with Crippen molar-refractivity contribution in [3.05, 3.63) is 77.9 Å². The number of fused-ring (bicyclic) bond motifs is 2. The van der Waals surface area contributed by atoms with Crippen LogP contribution >= 0.6 is 0 Å². The van der Waals surface area contributed by atoms with Crippen molar-refractivity contribution in [3.63, 3.8) is 0 Å². The van der Waals surface area contributed by atoms with Crippen molar-refractivity contribution in [1.29, 1.82) is 0 Å². The molecule has 0 spiro atoms. The van der Waals surface area contributed by atoms with Crippen LogP contribution in [-0.2, 0) is 12.5 Å². The van der Waals surface area contributed by atoms with Gasteiger partial charge < -0.3 is 0 Å². The summed E-state index contributed by atoms with van der Waals surface area (Å²) < 4.78 is 2.32. The number of hydrogen-bond donors (Lipinski definition) is 0. The molecule has 26 heavy (non-hydrogen) atoms. The Bertz CT molecular complexity index is 1130. The predicted molar refractivity (Wildman–Crippen MR) is 112 cm³/mol. The molecular weight excluding hydrogens is 314 g/mol. The van der Waals surface area contributed by atoms with Gasteiger partial charge in [-0.15, -0.1) is 0 Å². The molecule has 0 radical (unpaired) electrons. The Balaban J connectivity index is 2.10. The average Bonchev–Trinajstić information content (AvgIpc) is 2.62. The van der Waals surface area contributed by atoms with E-state index in [9.17, 15) is 0 Å². The zero-order valence-electron chi connectivity index (χ0n) is 16.3. The summed E-state index contributed by atoms with van der Waals surface area (Å²) in [6, 6.07) is 24.3. The maximum atomic E-state index is 2.40. The zero-order valence-corrected chi connectivity index (χ0v) is 16.3. The molecule has 1 heteroatoms. The molecule has 0 aliphatic rings. The van der Waals surface area contributed by atoms with Crippen LogP contribution in [0.3, 0.4) is 0 Å². The van der Waals surface area contributed by atoms with Gasteiger partial charge in [0.2, 0.25) is 11.2 Å². The average molecular weight is 340 g/mol. The third kappa shape index (κ3) is 2.59. The van der Waals surface area contributed by atoms with Crippen LogP contribution in [0.25, 0.3) is 32.9 Å². The minimum absolute atomic E-state index is 0.0947. The fraction of sp³-hybridized carbons (Fsp3) is 0.240. The molecule has 0 fully saturated rings. The predicted octanol–water partition coefficient (Wildman–Crippen LogP) is 6.09. The number of aryl methyl sites for hydroxylation is 2. The van der Waals surface area contributed by atoms with Crippen molar-refractivity contribution < 1.29 is 4.57 Å². The summed E-state index contributed by atoms with van der Waals surface area (Å²) in [5.74, 6) is 0. The summed E-state index contributed by atoms with van der Waals surface area (Å²) in [6.45, 7) is 9.15. The number of aromatic nitrogens is 1. The second-order valence-corrected chi connectivity index (χ2v) is 8.23. The summed E-state index contributed by atoms with van der Waals surface area (Å²) >= 11 is 0. The largest absolute Gasteiger partial charge is 0.213 e. The van der Waals surface area contributed by atoms with E-state index in [2.05, 4.69) is 106 Å². The molecule has 0 atom stereocenters. The molecule has 4 rings (SSSR count). The van der Waals surface area contributed by atoms with Crippen LogP contribution < -0.4 is 4.57 Å². The highest BCUT2D eigenvalue weighted by molar-refractivity contribution is 5.94. The second-order valence-electron chi connectivity index (χ2n) is 8.23. The lowest BCUT2D eigenvalue weighted by Gasteiger charge is -2.24. The Morgan fingerprint density at radius 2 is 1.42 bits per heavy atom. The molecule has 130 valence electrons. The fourth-order valence-corrected chi connectivity index (χ4v) is 4.02. The first-order valence-electron chi connectivity index (χ1n) is 9.29. The molecule has 3 aromatic carbocycles. The second kappa shape index (κ2) is 5.95. The van der Waals surface area contributed by atoms with E-state index < -0.39 is 0 Å². The SMILES string of the molecule is Cc1c(-c2ccc3ccccc3[n+]2C)cc(C(C)(C)C)c2ccccc12. The number of para-hydroxylation sites is 1. The van der Waals surface area contributed by atoms with Crippen molar-refractivity contribution in [2.24, 2.45) is 7.05 Å². The molecule has 0 aliphatic carbocycles. The van der Waals surface area contributed by atoms with Crippen molar-refractivity contribution in [1.82, 2.24) is 0 Å². The van der Waals surface area contributed by atoms with Gasteiger partial charge in [-0.3, -0.25) is 0 Å². The Kier molecular flexibility index (Phi) is 3.84. The molecule has 0 saturated heterocycles. The molecule has 0 unspecified atom stereocenters. The van der Waals surface area contributed by atoms with E-state index >= 15 is 0 Å². The van der Waals surface area contributed by atoms with E-state index in [1.54, 1.807) is 0 Å². The van der Waals surface area contributed by atoms with Gasteiger partial charge in [-0.2, -0.15) is 4.57 Å². The summed E-state index contributed by atoms with van der Waals surface area (Å²) in [5, 5.41) is 3.99. The van der Waals surface area contributed by atoms with Gasteiger partial charge in [-0.05, 0) is 52.4 Å². The minimum atomic E-state index is 0.0947. The first-order valence-corrected chi connectivity index (χ1v) is 9.29. The lowest BCUT2D eigenvalue weighted by molar-refractivity contribution is -0.633. The smallest absolute Gasteiger partial charge is 0.194 e. The van der Waals surface area contributed by atoms with E-state index in [-0.39, 0.29) is 5.41 Å². The quantitative estimate of drug-likeness (QED) is 0.369. The fourth-order valence-electron chi connectivity index (χ4n) is 4.02. The Labute approximate surface area is 155 Å². The van der Waals surface area contributed by atoms with E-state index in [1.165, 1.54) is 44.1 Å². The van der Waals surface area contributed by atoms with Crippen LogP contribution in [0.5, 0.6) is 0 Å². The van der Waals surface area contributed by atoms with Crippen molar-refractivity contribution in [2.75, 3.05) is 0 Å². The molecule has 1 nitrogen and oxygen atoms in total. The molecule has 0 N–H and O–H groups in total. The number of pyridine rings is 1. The summed E-state index contributed by atoms with van der Waals surface area (Å²) in [4.78, 5) is 0. The lowest BCUT2D eigenvalue weighted by atomic mass is 9.80. The van der Waals surface area contributed by atoms with Gasteiger partial charge in [0.25, 0.3) is 0 Å². The van der Waals surface area contributed by atoms with Crippen molar-refractivity contribution in [2.45, 2.75) is 33.1 Å². The van der Waals surface area contributed by atoms with Gasteiger partial charge in [0.1, 0.15) is 7.05 Å². The van der Waals surface area contributed by atoms with E-state index in [0.29, 0.717) is 0 Å². The van der Waals surface area contributed by atoms with Crippen LogP contribution in [0, 0.1) is 6.92 Å². The maximum absolute atomic E-state index is 2.40.